The van der Waals surface area contributed by atoms with Gasteiger partial charge in [-0.05, 0) is 61.8 Å². The summed E-state index contributed by atoms with van der Waals surface area (Å²) in [5.74, 6) is 2.87. The van der Waals surface area contributed by atoms with Crippen molar-refractivity contribution in [1.82, 2.24) is 20.5 Å². The van der Waals surface area contributed by atoms with Crippen LogP contribution in [0.2, 0.25) is 5.02 Å². The fraction of sp³-hybridized carbons (Fsp3) is 0.484. The van der Waals surface area contributed by atoms with Crippen LogP contribution in [0.3, 0.4) is 0 Å². The lowest BCUT2D eigenvalue weighted by Crippen LogP contribution is -2.37. The number of morpholine rings is 1. The first-order chi connectivity index (χ1) is 20.2. The monoisotopic (exact) mass is 577 g/mol. The molecule has 1 saturated heterocycles. The van der Waals surface area contributed by atoms with Crippen LogP contribution in [0.15, 0.2) is 42.7 Å². The molecule has 3 fully saturated rings. The highest BCUT2D eigenvalue weighted by Crippen LogP contribution is 2.43. The number of hydrogen-bond donors (Lipinski definition) is 1. The number of hydrogen-bond acceptors (Lipinski definition) is 8. The first kappa shape index (κ1) is 27.7. The fourth-order valence-electron chi connectivity index (χ4n) is 5.25. The highest BCUT2D eigenvalue weighted by molar-refractivity contribution is 6.34. The zero-order valence-electron chi connectivity index (χ0n) is 23.2. The van der Waals surface area contributed by atoms with E-state index in [1.54, 1.807) is 12.3 Å². The quantitative estimate of drug-likeness (QED) is 0.327. The van der Waals surface area contributed by atoms with Crippen LogP contribution in [-0.4, -0.2) is 60.6 Å². The maximum Gasteiger partial charge on any atom is 0.253 e. The average molecular weight is 578 g/mol. The second-order valence-electron chi connectivity index (χ2n) is 11.1. The van der Waals surface area contributed by atoms with E-state index in [2.05, 4.69) is 25.4 Å². The minimum absolute atomic E-state index is 0.249. The molecular formula is C31H36ClN5O4. The van der Waals surface area contributed by atoms with Crippen molar-refractivity contribution in [1.29, 1.82) is 0 Å². The van der Waals surface area contributed by atoms with Gasteiger partial charge >= 0.3 is 0 Å². The predicted octanol–water partition coefficient (Wildman–Crippen LogP) is 5.32. The van der Waals surface area contributed by atoms with Crippen molar-refractivity contribution in [2.45, 2.75) is 45.1 Å². The van der Waals surface area contributed by atoms with Gasteiger partial charge in [0.15, 0.2) is 5.75 Å². The third kappa shape index (κ3) is 6.57. The zero-order chi connectivity index (χ0) is 28.0. The fourth-order valence-corrected chi connectivity index (χ4v) is 5.52. The van der Waals surface area contributed by atoms with Gasteiger partial charge in [-0.3, -0.25) is 4.79 Å². The van der Waals surface area contributed by atoms with Crippen LogP contribution in [0, 0.1) is 11.8 Å². The zero-order valence-corrected chi connectivity index (χ0v) is 23.9. The number of benzene rings is 1. The lowest BCUT2D eigenvalue weighted by Gasteiger charge is -2.29. The van der Waals surface area contributed by atoms with Gasteiger partial charge in [-0.15, -0.1) is 0 Å². The number of anilines is 1. The van der Waals surface area contributed by atoms with E-state index in [0.29, 0.717) is 78.2 Å². The summed E-state index contributed by atoms with van der Waals surface area (Å²) >= 11 is 6.86. The summed E-state index contributed by atoms with van der Waals surface area (Å²) in [6, 6.07) is 9.35. The lowest BCUT2D eigenvalue weighted by molar-refractivity contribution is 0.0950. The Balaban J connectivity index is 1.19. The number of nitrogens with zero attached hydrogens (tertiary/aromatic N) is 4. The van der Waals surface area contributed by atoms with E-state index in [4.69, 9.17) is 25.8 Å². The number of carbonyl (C=O) groups is 1. The molecule has 41 heavy (non-hydrogen) atoms. The average Bonchev–Trinajstić information content (AvgIpc) is 2.96. The van der Waals surface area contributed by atoms with Gasteiger partial charge in [0.1, 0.15) is 16.6 Å². The van der Waals surface area contributed by atoms with Crippen LogP contribution in [0.1, 0.15) is 54.4 Å². The molecule has 2 saturated carbocycles. The summed E-state index contributed by atoms with van der Waals surface area (Å²) < 4.78 is 17.8. The Bertz CT molecular complexity index is 1360. The number of pyridine rings is 1. The van der Waals surface area contributed by atoms with Crippen molar-refractivity contribution in [3.63, 3.8) is 0 Å². The molecule has 0 atom stereocenters. The van der Waals surface area contributed by atoms with Gasteiger partial charge in [-0.25, -0.2) is 4.98 Å². The number of amides is 1. The summed E-state index contributed by atoms with van der Waals surface area (Å²) in [4.78, 5) is 20.0. The summed E-state index contributed by atoms with van der Waals surface area (Å²) in [7, 11) is 0. The molecule has 0 bridgehead atoms. The van der Waals surface area contributed by atoms with Crippen molar-refractivity contribution in [3.05, 3.63) is 58.9 Å². The standard InChI is InChI=1S/C31H36ClN5O4/c32-28-27(40-19-21-4-1-5-21)10-9-25(29(28)41-20-22-6-2-7-22)26-16-24(18-35-36-26)31(38)34-17-23-8-3-11-33-30(23)37-12-14-39-15-13-37/h3,8-11,16,18,21-22H,1-2,4-7,12-15,17,19-20H2,(H,34,38). The molecule has 3 heterocycles. The third-order valence-corrected chi connectivity index (χ3v) is 8.62. The summed E-state index contributed by atoms with van der Waals surface area (Å²) in [6.45, 7) is 4.45. The molecule has 2 aromatic heterocycles. The number of nitrogens with one attached hydrogen (secondary N) is 1. The van der Waals surface area contributed by atoms with Crippen molar-refractivity contribution < 1.29 is 19.0 Å². The highest BCUT2D eigenvalue weighted by atomic mass is 35.5. The molecule has 9 nitrogen and oxygen atoms in total. The van der Waals surface area contributed by atoms with Gasteiger partial charge in [0.25, 0.3) is 5.91 Å². The molecule has 6 rings (SSSR count). The molecule has 0 spiro atoms. The second kappa shape index (κ2) is 13.0. The van der Waals surface area contributed by atoms with Crippen LogP contribution >= 0.6 is 11.6 Å². The molecule has 2 aliphatic carbocycles. The lowest BCUT2D eigenvalue weighted by atomic mass is 9.86. The van der Waals surface area contributed by atoms with Crippen molar-refractivity contribution >= 4 is 23.3 Å². The number of carbonyl (C=O) groups excluding carboxylic acids is 1. The molecule has 0 radical (unpaired) electrons. The van der Waals surface area contributed by atoms with Gasteiger partial charge < -0.3 is 24.4 Å². The van der Waals surface area contributed by atoms with Gasteiger partial charge in [0.2, 0.25) is 0 Å². The largest absolute Gasteiger partial charge is 0.492 e. The molecule has 3 aromatic rings. The maximum absolute atomic E-state index is 13.2. The topological polar surface area (TPSA) is 98.7 Å². The first-order valence-corrected chi connectivity index (χ1v) is 15.0. The van der Waals surface area contributed by atoms with Crippen molar-refractivity contribution in [2.75, 3.05) is 44.4 Å². The van der Waals surface area contributed by atoms with Crippen LogP contribution in [0.5, 0.6) is 11.5 Å². The Kier molecular flexibility index (Phi) is 8.82. The Morgan fingerprint density at radius 3 is 2.54 bits per heavy atom. The Hall–Kier alpha value is -3.43. The number of halogens is 1. The third-order valence-electron chi connectivity index (χ3n) is 8.26. The summed E-state index contributed by atoms with van der Waals surface area (Å²) in [5, 5.41) is 11.9. The van der Waals surface area contributed by atoms with Gasteiger partial charge in [-0.1, -0.05) is 30.5 Å². The molecule has 0 unspecified atom stereocenters. The van der Waals surface area contributed by atoms with E-state index in [0.717, 1.165) is 37.3 Å². The van der Waals surface area contributed by atoms with E-state index in [-0.39, 0.29) is 5.91 Å². The van der Waals surface area contributed by atoms with Crippen LogP contribution in [-0.2, 0) is 11.3 Å². The van der Waals surface area contributed by atoms with Crippen LogP contribution < -0.4 is 19.7 Å². The van der Waals surface area contributed by atoms with Gasteiger partial charge in [0.05, 0.1) is 43.9 Å². The van der Waals surface area contributed by atoms with E-state index < -0.39 is 0 Å². The molecule has 10 heteroatoms. The highest BCUT2D eigenvalue weighted by Gasteiger charge is 2.24. The Morgan fingerprint density at radius 1 is 1.05 bits per heavy atom. The SMILES string of the molecule is O=C(NCc1cccnc1N1CCOCC1)c1cnnc(-c2ccc(OCC3CCC3)c(Cl)c2OCC2CCC2)c1. The molecule has 1 aliphatic heterocycles. The van der Waals surface area contributed by atoms with E-state index in [9.17, 15) is 4.79 Å². The number of rotatable bonds is 11. The minimum Gasteiger partial charge on any atom is -0.492 e. The van der Waals surface area contributed by atoms with E-state index >= 15 is 0 Å². The Labute approximate surface area is 245 Å². The smallest absolute Gasteiger partial charge is 0.253 e. The van der Waals surface area contributed by atoms with Gasteiger partial charge in [-0.2, -0.15) is 10.2 Å². The normalized spacial score (nSPS) is 17.4. The summed E-state index contributed by atoms with van der Waals surface area (Å²) in [5.41, 5.74) is 2.55. The predicted molar refractivity (Wildman–Crippen MR) is 157 cm³/mol. The van der Waals surface area contributed by atoms with E-state index in [1.807, 2.05) is 24.3 Å². The molecule has 216 valence electrons. The van der Waals surface area contributed by atoms with Crippen LogP contribution in [0.25, 0.3) is 11.3 Å². The van der Waals surface area contributed by atoms with Crippen LogP contribution in [0.4, 0.5) is 5.82 Å². The maximum atomic E-state index is 13.2. The van der Waals surface area contributed by atoms with Gasteiger partial charge in [0, 0.05) is 37.0 Å². The molecule has 3 aliphatic rings. The first-order valence-electron chi connectivity index (χ1n) is 14.6. The molecule has 1 aromatic carbocycles. The molecule has 1 N–H and O–H groups in total. The molecular weight excluding hydrogens is 542 g/mol. The second-order valence-corrected chi connectivity index (χ2v) is 11.4. The number of aromatic nitrogens is 3. The van der Waals surface area contributed by atoms with Crippen molar-refractivity contribution in [2.24, 2.45) is 11.8 Å². The molecule has 1 amide bonds. The van der Waals surface area contributed by atoms with Crippen molar-refractivity contribution in [3.8, 4) is 22.8 Å². The number of ether oxygens (including phenoxy) is 3. The minimum atomic E-state index is -0.249. The summed E-state index contributed by atoms with van der Waals surface area (Å²) in [6.07, 6.45) is 10.4. The van der Waals surface area contributed by atoms with E-state index in [1.165, 1.54) is 31.9 Å². The Morgan fingerprint density at radius 2 is 1.80 bits per heavy atom.